The van der Waals surface area contributed by atoms with E-state index in [1.54, 1.807) is 0 Å². The van der Waals surface area contributed by atoms with Crippen molar-refractivity contribution in [1.29, 1.82) is 0 Å². The first kappa shape index (κ1) is 21.1. The van der Waals surface area contributed by atoms with Crippen LogP contribution in [0.15, 0.2) is 18.2 Å². The fraction of sp³-hybridized carbons (Fsp3) is 0.704. The molecule has 3 aliphatic rings. The Balaban J connectivity index is 1.48. The molecule has 0 heterocycles. The lowest BCUT2D eigenvalue weighted by Gasteiger charge is -2.42. The van der Waals surface area contributed by atoms with Gasteiger partial charge in [0, 0.05) is 0 Å². The van der Waals surface area contributed by atoms with E-state index in [1.807, 2.05) is 0 Å². The molecule has 4 rings (SSSR count). The monoisotopic (exact) mass is 400 g/mol. The first-order valence-corrected chi connectivity index (χ1v) is 12.2. The third kappa shape index (κ3) is 4.47. The average Bonchev–Trinajstić information content (AvgIpc) is 2.74. The van der Waals surface area contributed by atoms with Crippen LogP contribution in [0.3, 0.4) is 0 Å². The van der Waals surface area contributed by atoms with Crippen molar-refractivity contribution in [3.8, 4) is 0 Å². The van der Waals surface area contributed by atoms with E-state index in [0.29, 0.717) is 23.0 Å². The number of hydrogen-bond acceptors (Lipinski definition) is 0. The Morgan fingerprint density at radius 2 is 1.79 bits per heavy atom. The Labute approximate surface area is 176 Å². The fourth-order valence-electron chi connectivity index (χ4n) is 6.62. The number of benzene rings is 1. The summed E-state index contributed by atoms with van der Waals surface area (Å²) in [6, 6.07) is 2.07. The van der Waals surface area contributed by atoms with Gasteiger partial charge in [0.15, 0.2) is 11.6 Å². The molecule has 0 radical (unpaired) electrons. The highest BCUT2D eigenvalue weighted by Crippen LogP contribution is 2.49. The smallest absolute Gasteiger partial charge is 0.162 e. The van der Waals surface area contributed by atoms with Crippen LogP contribution in [0.2, 0.25) is 0 Å². The van der Waals surface area contributed by atoms with E-state index in [9.17, 15) is 0 Å². The molecule has 1 aromatic carbocycles. The molecule has 0 amide bonds. The average molecular weight is 401 g/mol. The van der Waals surface area contributed by atoms with Gasteiger partial charge in [-0.15, -0.1) is 0 Å². The Morgan fingerprint density at radius 3 is 2.59 bits per heavy atom. The summed E-state index contributed by atoms with van der Waals surface area (Å²) in [4.78, 5) is 0. The van der Waals surface area contributed by atoms with Gasteiger partial charge in [-0.2, -0.15) is 0 Å². The van der Waals surface area contributed by atoms with Gasteiger partial charge in [0.2, 0.25) is 0 Å². The first-order valence-electron chi connectivity index (χ1n) is 12.2. The minimum atomic E-state index is -0.522. The molecule has 0 N–H and O–H groups in total. The van der Waals surface area contributed by atoms with Crippen molar-refractivity contribution in [1.82, 2.24) is 0 Å². The van der Waals surface area contributed by atoms with Crippen molar-refractivity contribution in [2.75, 3.05) is 0 Å². The van der Waals surface area contributed by atoms with Gasteiger partial charge in [-0.05, 0) is 111 Å². The topological polar surface area (TPSA) is 0 Å². The van der Waals surface area contributed by atoms with Crippen LogP contribution in [-0.2, 0) is 12.8 Å². The van der Waals surface area contributed by atoms with Crippen LogP contribution in [0.4, 0.5) is 8.78 Å². The molecule has 1 aromatic rings. The van der Waals surface area contributed by atoms with E-state index >= 15 is 8.78 Å². The molecular formula is C27H38F2. The lowest BCUT2D eigenvalue weighted by molar-refractivity contribution is 0.132. The Kier molecular flexibility index (Phi) is 6.76. The summed E-state index contributed by atoms with van der Waals surface area (Å²) in [5, 5.41) is 0. The molecule has 3 aliphatic carbocycles. The molecule has 0 aromatic heterocycles. The molecule has 2 heteroatoms. The van der Waals surface area contributed by atoms with E-state index in [2.05, 4.69) is 32.1 Å². The second-order valence-corrected chi connectivity index (χ2v) is 10.1. The van der Waals surface area contributed by atoms with Gasteiger partial charge in [-0.25, -0.2) is 8.78 Å². The number of halogens is 2. The van der Waals surface area contributed by atoms with Gasteiger partial charge < -0.3 is 0 Å². The summed E-state index contributed by atoms with van der Waals surface area (Å²) < 4.78 is 30.2. The van der Waals surface area contributed by atoms with E-state index in [4.69, 9.17) is 0 Å². The summed E-state index contributed by atoms with van der Waals surface area (Å²) in [6.07, 6.45) is 18.0. The van der Waals surface area contributed by atoms with Crippen LogP contribution < -0.4 is 0 Å². The maximum Gasteiger partial charge on any atom is 0.162 e. The number of allylic oxidation sites excluding steroid dienone is 2. The zero-order valence-electron chi connectivity index (χ0n) is 18.4. The van der Waals surface area contributed by atoms with Crippen LogP contribution >= 0.6 is 0 Å². The van der Waals surface area contributed by atoms with Gasteiger partial charge in [0.05, 0.1) is 0 Å². The van der Waals surface area contributed by atoms with Crippen LogP contribution in [0, 0.1) is 35.3 Å². The van der Waals surface area contributed by atoms with Gasteiger partial charge in [0.1, 0.15) is 0 Å². The largest absolute Gasteiger partial charge is 0.203 e. The third-order valence-corrected chi connectivity index (χ3v) is 8.27. The second-order valence-electron chi connectivity index (χ2n) is 10.1. The van der Waals surface area contributed by atoms with Crippen LogP contribution in [-0.4, -0.2) is 0 Å². The maximum absolute atomic E-state index is 15.2. The van der Waals surface area contributed by atoms with Crippen molar-refractivity contribution in [3.05, 3.63) is 46.5 Å². The number of hydrogen-bond donors (Lipinski definition) is 0. The number of aryl methyl sites for hydroxylation is 1. The molecule has 5 unspecified atom stereocenters. The van der Waals surface area contributed by atoms with Crippen molar-refractivity contribution >= 4 is 0 Å². The molecule has 160 valence electrons. The molecule has 0 bridgehead atoms. The quantitative estimate of drug-likeness (QED) is 0.438. The molecule has 5 atom stereocenters. The highest BCUT2D eigenvalue weighted by molar-refractivity contribution is 5.38. The number of rotatable bonds is 5. The predicted molar refractivity (Wildman–Crippen MR) is 117 cm³/mol. The molecule has 0 saturated heterocycles. The van der Waals surface area contributed by atoms with Crippen molar-refractivity contribution < 1.29 is 8.78 Å². The maximum atomic E-state index is 15.2. The van der Waals surface area contributed by atoms with E-state index in [0.717, 1.165) is 55.9 Å². The number of fused-ring (bicyclic) bond motifs is 2. The molecule has 0 spiro atoms. The standard InChI is InChI=1S/C27H38F2/c1-3-5-7-19-9-11-23-17-25(27(29)26(28)24(23)15-19)22-13-12-20-14-18(6-4-2)8-10-21(20)16-22/h4,6,17-22H,3,5,7-16H2,1-2H3/b6-4+. The molecule has 0 nitrogen and oxygen atoms in total. The SMILES string of the molecule is C/C=C/C1CCC2CC(c3cc4c(c(F)c3F)CC(CCCC)CC4)CCC2C1. The lowest BCUT2D eigenvalue weighted by Crippen LogP contribution is -2.30. The van der Waals surface area contributed by atoms with Gasteiger partial charge in [-0.1, -0.05) is 44.4 Å². The molecular weight excluding hydrogens is 362 g/mol. The normalized spacial score (nSPS) is 32.2. The van der Waals surface area contributed by atoms with Crippen molar-refractivity contribution in [2.45, 2.75) is 96.8 Å². The zero-order valence-corrected chi connectivity index (χ0v) is 18.4. The summed E-state index contributed by atoms with van der Waals surface area (Å²) >= 11 is 0. The van der Waals surface area contributed by atoms with Crippen molar-refractivity contribution in [2.24, 2.45) is 23.7 Å². The summed E-state index contributed by atoms with van der Waals surface area (Å²) in [6.45, 7) is 4.31. The van der Waals surface area contributed by atoms with Crippen LogP contribution in [0.25, 0.3) is 0 Å². The Bertz CT molecular complexity index is 735. The van der Waals surface area contributed by atoms with Gasteiger partial charge in [0.25, 0.3) is 0 Å². The highest BCUT2D eigenvalue weighted by atomic mass is 19.2. The first-order chi connectivity index (χ1) is 14.1. The Morgan fingerprint density at radius 1 is 1.00 bits per heavy atom. The fourth-order valence-corrected chi connectivity index (χ4v) is 6.62. The zero-order chi connectivity index (χ0) is 20.4. The van der Waals surface area contributed by atoms with Crippen LogP contribution in [0.5, 0.6) is 0 Å². The van der Waals surface area contributed by atoms with Gasteiger partial charge in [-0.3, -0.25) is 0 Å². The third-order valence-electron chi connectivity index (χ3n) is 8.27. The van der Waals surface area contributed by atoms with Crippen molar-refractivity contribution in [3.63, 3.8) is 0 Å². The predicted octanol–water partition coefficient (Wildman–Crippen LogP) is 8.14. The summed E-state index contributed by atoms with van der Waals surface area (Å²) in [5.74, 6) is 1.93. The molecule has 2 saturated carbocycles. The number of unbranched alkanes of at least 4 members (excludes halogenated alkanes) is 1. The highest BCUT2D eigenvalue weighted by Gasteiger charge is 2.37. The minimum Gasteiger partial charge on any atom is -0.203 e. The van der Waals surface area contributed by atoms with E-state index in [-0.39, 0.29) is 5.92 Å². The van der Waals surface area contributed by atoms with Crippen LogP contribution in [0.1, 0.15) is 101 Å². The van der Waals surface area contributed by atoms with E-state index in [1.165, 1.54) is 38.5 Å². The lowest BCUT2D eigenvalue weighted by atomic mass is 9.63. The minimum absolute atomic E-state index is 0.215. The molecule has 2 fully saturated rings. The summed E-state index contributed by atoms with van der Waals surface area (Å²) in [5.41, 5.74) is 2.49. The summed E-state index contributed by atoms with van der Waals surface area (Å²) in [7, 11) is 0. The molecule has 29 heavy (non-hydrogen) atoms. The van der Waals surface area contributed by atoms with E-state index < -0.39 is 11.6 Å². The second kappa shape index (κ2) is 9.31. The molecule has 0 aliphatic heterocycles. The Hall–Kier alpha value is -1.18. The van der Waals surface area contributed by atoms with Gasteiger partial charge >= 0.3 is 0 Å².